The molecule has 1 amide bonds. The van der Waals surface area contributed by atoms with Gasteiger partial charge in [0.25, 0.3) is 11.5 Å². The number of hydrogen-bond donors (Lipinski definition) is 2. The van der Waals surface area contributed by atoms with E-state index in [2.05, 4.69) is 25.1 Å². The molecule has 0 atom stereocenters. The van der Waals surface area contributed by atoms with Crippen molar-refractivity contribution in [2.45, 2.75) is 38.8 Å². The summed E-state index contributed by atoms with van der Waals surface area (Å²) in [5, 5.41) is 3.53. The maximum absolute atomic E-state index is 13.5. The van der Waals surface area contributed by atoms with Crippen molar-refractivity contribution in [3.8, 4) is 16.9 Å². The normalized spacial score (nSPS) is 15.8. The molecule has 2 saturated heterocycles. The lowest BCUT2D eigenvalue weighted by atomic mass is 10.0. The SMILES string of the molecule is COC1CN(c2cc(-c3cnc(N)c(N4CCC(NC(=O)c5c(C)n(C)n(-c6c(C)cccc6Cl)c5=O)CC4)n3)ccn2)C1. The number of aromatic nitrogens is 5. The van der Waals surface area contributed by atoms with Crippen LogP contribution in [0.1, 0.15) is 34.5 Å². The summed E-state index contributed by atoms with van der Waals surface area (Å²) in [5.41, 5.74) is 9.59. The summed E-state index contributed by atoms with van der Waals surface area (Å²) < 4.78 is 8.52. The Morgan fingerprint density at radius 3 is 2.57 bits per heavy atom. The van der Waals surface area contributed by atoms with Crippen molar-refractivity contribution in [2.75, 3.05) is 48.8 Å². The molecule has 3 N–H and O–H groups in total. The van der Waals surface area contributed by atoms with E-state index in [9.17, 15) is 9.59 Å². The summed E-state index contributed by atoms with van der Waals surface area (Å²) in [5.74, 6) is 1.45. The highest BCUT2D eigenvalue weighted by molar-refractivity contribution is 6.32. The van der Waals surface area contributed by atoms with Crippen molar-refractivity contribution in [3.05, 3.63) is 74.9 Å². The molecule has 2 aliphatic rings. The van der Waals surface area contributed by atoms with Crippen LogP contribution in [0.4, 0.5) is 17.5 Å². The molecule has 3 aromatic heterocycles. The molecule has 44 heavy (non-hydrogen) atoms. The average Bonchev–Trinajstić information content (AvgIpc) is 3.20. The minimum absolute atomic E-state index is 0.110. The number of benzene rings is 1. The first-order chi connectivity index (χ1) is 21.2. The van der Waals surface area contributed by atoms with Crippen LogP contribution in [0.15, 0.2) is 47.5 Å². The predicted molar refractivity (Wildman–Crippen MR) is 171 cm³/mol. The molecule has 1 aromatic carbocycles. The lowest BCUT2D eigenvalue weighted by molar-refractivity contribution is 0.0783. The third kappa shape index (κ3) is 5.39. The number of aryl methyl sites for hydroxylation is 1. The third-order valence-electron chi connectivity index (χ3n) is 8.64. The fourth-order valence-corrected chi connectivity index (χ4v) is 6.19. The lowest BCUT2D eigenvalue weighted by Crippen LogP contribution is -2.52. The maximum Gasteiger partial charge on any atom is 0.284 e. The summed E-state index contributed by atoms with van der Waals surface area (Å²) in [6.07, 6.45) is 5.00. The van der Waals surface area contributed by atoms with Crippen molar-refractivity contribution in [1.82, 2.24) is 29.6 Å². The van der Waals surface area contributed by atoms with Crippen LogP contribution in [0.25, 0.3) is 16.9 Å². The molecular formula is C31H36ClN9O3. The van der Waals surface area contributed by atoms with Crippen molar-refractivity contribution in [3.63, 3.8) is 0 Å². The largest absolute Gasteiger partial charge is 0.381 e. The van der Waals surface area contributed by atoms with E-state index in [1.54, 1.807) is 44.2 Å². The number of nitrogens with zero attached hydrogens (tertiary/aromatic N) is 7. The summed E-state index contributed by atoms with van der Waals surface area (Å²) >= 11 is 6.46. The molecule has 4 aromatic rings. The van der Waals surface area contributed by atoms with E-state index in [1.807, 2.05) is 31.2 Å². The molecule has 0 bridgehead atoms. The van der Waals surface area contributed by atoms with Crippen LogP contribution in [0.3, 0.4) is 0 Å². The van der Waals surface area contributed by atoms with Gasteiger partial charge >= 0.3 is 0 Å². The quantitative estimate of drug-likeness (QED) is 0.320. The zero-order chi connectivity index (χ0) is 31.1. The smallest absolute Gasteiger partial charge is 0.284 e. The molecule has 230 valence electrons. The number of hydrogen-bond acceptors (Lipinski definition) is 9. The van der Waals surface area contributed by atoms with Gasteiger partial charge in [-0.05, 0) is 50.5 Å². The molecule has 0 aliphatic carbocycles. The molecular weight excluding hydrogens is 582 g/mol. The molecule has 6 rings (SSSR count). The monoisotopic (exact) mass is 617 g/mol. The molecule has 0 saturated carbocycles. The van der Waals surface area contributed by atoms with Gasteiger partial charge in [-0.2, -0.15) is 0 Å². The number of carbonyl (C=O) groups excluding carboxylic acids is 1. The van der Waals surface area contributed by atoms with E-state index in [0.29, 0.717) is 59.7 Å². The van der Waals surface area contributed by atoms with E-state index >= 15 is 0 Å². The zero-order valence-electron chi connectivity index (χ0n) is 25.2. The third-order valence-corrected chi connectivity index (χ3v) is 8.94. The Balaban J connectivity index is 1.14. The number of anilines is 3. The van der Waals surface area contributed by atoms with E-state index in [0.717, 1.165) is 30.0 Å². The van der Waals surface area contributed by atoms with Gasteiger partial charge in [-0.15, -0.1) is 0 Å². The Kier molecular flexibility index (Phi) is 8.04. The van der Waals surface area contributed by atoms with Crippen LogP contribution >= 0.6 is 11.6 Å². The van der Waals surface area contributed by atoms with Gasteiger partial charge in [-0.3, -0.25) is 14.3 Å². The molecule has 5 heterocycles. The lowest BCUT2D eigenvalue weighted by Gasteiger charge is -2.39. The molecule has 12 nitrogen and oxygen atoms in total. The van der Waals surface area contributed by atoms with Gasteiger partial charge in [0.05, 0.1) is 34.4 Å². The first-order valence-electron chi connectivity index (χ1n) is 14.6. The number of pyridine rings is 1. The second kappa shape index (κ2) is 11.9. The van der Waals surface area contributed by atoms with Crippen molar-refractivity contribution in [2.24, 2.45) is 7.05 Å². The summed E-state index contributed by atoms with van der Waals surface area (Å²) in [6, 6.07) is 9.26. The Morgan fingerprint density at radius 1 is 1.11 bits per heavy atom. The Hall–Kier alpha value is -4.42. The highest BCUT2D eigenvalue weighted by Gasteiger charge is 2.29. The molecule has 2 aliphatic heterocycles. The Bertz CT molecular complexity index is 1750. The first-order valence-corrected chi connectivity index (χ1v) is 15.0. The second-order valence-corrected chi connectivity index (χ2v) is 11.8. The fraction of sp³-hybridized carbons (Fsp3) is 0.387. The maximum atomic E-state index is 13.5. The van der Waals surface area contributed by atoms with Gasteiger partial charge in [-0.1, -0.05) is 23.7 Å². The molecule has 0 unspecified atom stereocenters. The number of amides is 1. The molecule has 13 heteroatoms. The summed E-state index contributed by atoms with van der Waals surface area (Å²) in [4.78, 5) is 45.0. The van der Waals surface area contributed by atoms with Crippen LogP contribution in [0.5, 0.6) is 0 Å². The highest BCUT2D eigenvalue weighted by Crippen LogP contribution is 2.29. The number of piperidine rings is 1. The number of nitrogens with one attached hydrogen (secondary N) is 1. The van der Waals surface area contributed by atoms with Crippen LogP contribution in [-0.2, 0) is 11.8 Å². The number of nitrogen functional groups attached to an aromatic ring is 1. The van der Waals surface area contributed by atoms with Crippen LogP contribution in [0, 0.1) is 13.8 Å². The van der Waals surface area contributed by atoms with Gasteiger partial charge in [0.1, 0.15) is 11.4 Å². The molecule has 0 radical (unpaired) electrons. The van der Waals surface area contributed by atoms with Gasteiger partial charge in [-0.25, -0.2) is 19.6 Å². The van der Waals surface area contributed by atoms with E-state index in [-0.39, 0.29) is 23.6 Å². The number of methoxy groups -OCH3 is 1. The summed E-state index contributed by atoms with van der Waals surface area (Å²) in [7, 11) is 3.47. The highest BCUT2D eigenvalue weighted by atomic mass is 35.5. The number of nitrogens with two attached hydrogens (primary N) is 1. The van der Waals surface area contributed by atoms with E-state index in [4.69, 9.17) is 27.1 Å². The minimum atomic E-state index is -0.400. The van der Waals surface area contributed by atoms with E-state index in [1.165, 1.54) is 4.68 Å². The first kappa shape index (κ1) is 29.6. The summed E-state index contributed by atoms with van der Waals surface area (Å²) in [6.45, 7) is 6.50. The van der Waals surface area contributed by atoms with Crippen LogP contribution < -0.4 is 26.4 Å². The Labute approximate surface area is 260 Å². The number of para-hydroxylation sites is 1. The fourth-order valence-electron chi connectivity index (χ4n) is 5.89. The second-order valence-electron chi connectivity index (χ2n) is 11.4. The molecule has 2 fully saturated rings. The van der Waals surface area contributed by atoms with Gasteiger partial charge < -0.3 is 25.6 Å². The van der Waals surface area contributed by atoms with Gasteiger partial charge in [0.2, 0.25) is 0 Å². The van der Waals surface area contributed by atoms with Crippen molar-refractivity contribution >= 4 is 35.0 Å². The zero-order valence-corrected chi connectivity index (χ0v) is 26.0. The topological polar surface area (TPSA) is 136 Å². The van der Waals surface area contributed by atoms with Crippen LogP contribution in [-0.4, -0.2) is 75.7 Å². The number of ether oxygens (including phenoxy) is 1. The van der Waals surface area contributed by atoms with E-state index < -0.39 is 5.56 Å². The van der Waals surface area contributed by atoms with Gasteiger partial charge in [0.15, 0.2) is 11.6 Å². The standard InChI is InChI=1S/C31H36ClN9O3/c1-18-6-5-7-23(32)27(18)41-31(43)26(19(2)38(41)3)30(42)36-21-9-12-39(13-10-21)29-28(33)35-15-24(37-29)20-8-11-34-25(14-20)40-16-22(17-40)44-4/h5-8,11,14-15,21-22H,9-10,12-13,16-17H2,1-4H3,(H2,33,35)(H,36,42). The molecule has 0 spiro atoms. The number of carbonyl (C=O) groups is 1. The minimum Gasteiger partial charge on any atom is -0.381 e. The predicted octanol–water partition coefficient (Wildman–Crippen LogP) is 3.11. The average molecular weight is 618 g/mol. The number of rotatable bonds is 7. The number of halogens is 1. The van der Waals surface area contributed by atoms with Crippen LogP contribution in [0.2, 0.25) is 5.02 Å². The van der Waals surface area contributed by atoms with Crippen molar-refractivity contribution < 1.29 is 9.53 Å². The van der Waals surface area contributed by atoms with Gasteiger partial charge in [0, 0.05) is 58.1 Å². The Morgan fingerprint density at radius 2 is 1.86 bits per heavy atom. The van der Waals surface area contributed by atoms with Crippen molar-refractivity contribution in [1.29, 1.82) is 0 Å².